The lowest BCUT2D eigenvalue weighted by Crippen LogP contribution is -2.43. The first-order valence-corrected chi connectivity index (χ1v) is 7.04. The van der Waals surface area contributed by atoms with Gasteiger partial charge in [-0.15, -0.1) is 0 Å². The number of hydrogen-bond donors (Lipinski definition) is 1. The second-order valence-corrected chi connectivity index (χ2v) is 6.12. The van der Waals surface area contributed by atoms with Crippen molar-refractivity contribution in [3.05, 3.63) is 33.8 Å². The molecule has 1 aromatic rings. The van der Waals surface area contributed by atoms with Crippen molar-refractivity contribution < 1.29 is 5.11 Å². The Labute approximate surface area is 119 Å². The van der Waals surface area contributed by atoms with Crippen LogP contribution in [0.15, 0.2) is 18.2 Å². The van der Waals surface area contributed by atoms with E-state index >= 15 is 0 Å². The molecule has 18 heavy (non-hydrogen) atoms. The van der Waals surface area contributed by atoms with Crippen molar-refractivity contribution >= 4 is 23.2 Å². The van der Waals surface area contributed by atoms with Gasteiger partial charge in [-0.1, -0.05) is 23.2 Å². The molecule has 100 valence electrons. The minimum Gasteiger partial charge on any atom is -0.391 e. The normalized spacial score (nSPS) is 28.7. The number of nitrogens with zero attached hydrogens (tertiary/aromatic N) is 1. The van der Waals surface area contributed by atoms with Gasteiger partial charge in [0.05, 0.1) is 6.10 Å². The summed E-state index contributed by atoms with van der Waals surface area (Å²) in [6.07, 6.45) is 2.46. The van der Waals surface area contributed by atoms with E-state index in [1.54, 1.807) is 0 Å². The van der Waals surface area contributed by atoms with Gasteiger partial charge < -0.3 is 10.0 Å². The largest absolute Gasteiger partial charge is 0.391 e. The molecule has 1 N–H and O–H groups in total. The average Bonchev–Trinajstić information content (AvgIpc) is 2.33. The Balaban J connectivity index is 2.21. The molecule has 0 unspecified atom stereocenters. The topological polar surface area (TPSA) is 23.5 Å². The van der Waals surface area contributed by atoms with Crippen LogP contribution < -0.4 is 0 Å². The van der Waals surface area contributed by atoms with Crippen LogP contribution in [0.1, 0.15) is 30.7 Å². The van der Waals surface area contributed by atoms with Crippen LogP contribution in [-0.4, -0.2) is 36.2 Å². The molecule has 1 aliphatic rings. The molecule has 2 nitrogen and oxygen atoms in total. The van der Waals surface area contributed by atoms with Gasteiger partial charge in [0.25, 0.3) is 0 Å². The van der Waals surface area contributed by atoms with E-state index in [1.807, 2.05) is 32.3 Å². The van der Waals surface area contributed by atoms with Crippen molar-refractivity contribution in [1.29, 1.82) is 0 Å². The molecule has 0 saturated heterocycles. The number of rotatable bonds is 2. The number of likely N-dealkylation sites (N-methyl/N-ethyl adjacent to an activating group) is 1. The molecular formula is C14H19Cl2NO. The first-order chi connectivity index (χ1) is 8.49. The van der Waals surface area contributed by atoms with Gasteiger partial charge in [0.15, 0.2) is 0 Å². The van der Waals surface area contributed by atoms with E-state index < -0.39 is 0 Å². The Morgan fingerprint density at radius 1 is 1.22 bits per heavy atom. The van der Waals surface area contributed by atoms with Gasteiger partial charge in [-0.25, -0.2) is 0 Å². The van der Waals surface area contributed by atoms with Crippen LogP contribution in [0.3, 0.4) is 0 Å². The van der Waals surface area contributed by atoms with Crippen molar-refractivity contribution in [2.24, 2.45) is 0 Å². The zero-order valence-corrected chi connectivity index (χ0v) is 12.2. The first-order valence-electron chi connectivity index (χ1n) is 6.28. The van der Waals surface area contributed by atoms with E-state index in [1.165, 1.54) is 0 Å². The minimum atomic E-state index is -0.241. The van der Waals surface area contributed by atoms with E-state index in [-0.39, 0.29) is 12.1 Å². The van der Waals surface area contributed by atoms with E-state index in [4.69, 9.17) is 23.2 Å². The summed E-state index contributed by atoms with van der Waals surface area (Å²) in [5.74, 6) is 0.381. The third kappa shape index (κ3) is 3.00. The third-order valence-electron chi connectivity index (χ3n) is 3.84. The highest BCUT2D eigenvalue weighted by molar-refractivity contribution is 6.33. The van der Waals surface area contributed by atoms with Gasteiger partial charge in [0.1, 0.15) is 0 Å². The molecule has 0 aromatic heterocycles. The number of hydrogen-bond acceptors (Lipinski definition) is 2. The van der Waals surface area contributed by atoms with Crippen LogP contribution in [0.25, 0.3) is 0 Å². The molecule has 0 spiro atoms. The molecule has 3 atom stereocenters. The molecule has 1 aliphatic carbocycles. The quantitative estimate of drug-likeness (QED) is 0.899. The molecular weight excluding hydrogens is 269 g/mol. The van der Waals surface area contributed by atoms with Crippen molar-refractivity contribution in [2.75, 3.05) is 14.1 Å². The predicted octanol–water partition coefficient (Wildman–Crippen LogP) is 3.55. The maximum absolute atomic E-state index is 10.0. The number of halogens is 2. The smallest absolute Gasteiger partial charge is 0.0695 e. The molecule has 1 saturated carbocycles. The number of aliphatic hydroxyl groups is 1. The lowest BCUT2D eigenvalue weighted by atomic mass is 9.79. The number of aliphatic hydroxyl groups excluding tert-OH is 1. The van der Waals surface area contributed by atoms with Crippen molar-refractivity contribution in [2.45, 2.75) is 37.3 Å². The van der Waals surface area contributed by atoms with E-state index in [9.17, 15) is 5.11 Å². The van der Waals surface area contributed by atoms with Crippen molar-refractivity contribution in [1.82, 2.24) is 4.90 Å². The van der Waals surface area contributed by atoms with Crippen LogP contribution in [0.4, 0.5) is 0 Å². The summed E-state index contributed by atoms with van der Waals surface area (Å²) >= 11 is 12.3. The summed E-state index contributed by atoms with van der Waals surface area (Å²) in [4.78, 5) is 2.09. The second-order valence-electron chi connectivity index (χ2n) is 5.27. The van der Waals surface area contributed by atoms with Crippen LogP contribution in [0.5, 0.6) is 0 Å². The first kappa shape index (κ1) is 14.1. The Kier molecular flexibility index (Phi) is 4.54. The fourth-order valence-corrected chi connectivity index (χ4v) is 3.25. The Hall–Kier alpha value is -0.280. The van der Waals surface area contributed by atoms with Gasteiger partial charge in [-0.2, -0.15) is 0 Å². The van der Waals surface area contributed by atoms with Crippen LogP contribution >= 0.6 is 23.2 Å². The van der Waals surface area contributed by atoms with Gasteiger partial charge >= 0.3 is 0 Å². The average molecular weight is 288 g/mol. The fourth-order valence-electron chi connectivity index (χ4n) is 2.80. The standard InChI is InChI=1S/C14H19Cl2NO/c1-17(2)13-7-9(3-6-14(13)18)11-8-10(15)4-5-12(11)16/h4-5,8-9,13-14,18H,3,6-7H2,1-2H3/t9-,13-,14-/m0/s1. The zero-order valence-electron chi connectivity index (χ0n) is 10.7. The molecule has 0 aliphatic heterocycles. The van der Waals surface area contributed by atoms with E-state index in [0.29, 0.717) is 5.92 Å². The van der Waals surface area contributed by atoms with Crippen LogP contribution in [-0.2, 0) is 0 Å². The van der Waals surface area contributed by atoms with Crippen LogP contribution in [0.2, 0.25) is 10.0 Å². The zero-order chi connectivity index (χ0) is 13.3. The molecule has 1 fully saturated rings. The summed E-state index contributed by atoms with van der Waals surface area (Å²) in [5.41, 5.74) is 1.11. The Bertz CT molecular complexity index is 422. The highest BCUT2D eigenvalue weighted by atomic mass is 35.5. The summed E-state index contributed by atoms with van der Waals surface area (Å²) < 4.78 is 0. The molecule has 1 aromatic carbocycles. The van der Waals surface area contributed by atoms with E-state index in [2.05, 4.69) is 4.90 Å². The van der Waals surface area contributed by atoms with Crippen molar-refractivity contribution in [3.63, 3.8) is 0 Å². The lowest BCUT2D eigenvalue weighted by Gasteiger charge is -2.37. The second kappa shape index (κ2) is 5.79. The SMILES string of the molecule is CN(C)[C@H]1C[C@@H](c2cc(Cl)ccc2Cl)CC[C@@H]1O. The van der Waals surface area contributed by atoms with Gasteiger partial charge in [-0.05, 0) is 63.0 Å². The fraction of sp³-hybridized carbons (Fsp3) is 0.571. The molecule has 4 heteroatoms. The van der Waals surface area contributed by atoms with E-state index in [0.717, 1.165) is 34.9 Å². The Morgan fingerprint density at radius 2 is 1.94 bits per heavy atom. The van der Waals surface area contributed by atoms with Crippen LogP contribution in [0, 0.1) is 0 Å². The minimum absolute atomic E-state index is 0.193. The maximum Gasteiger partial charge on any atom is 0.0695 e. The summed E-state index contributed by atoms with van der Waals surface area (Å²) in [5, 5.41) is 11.5. The highest BCUT2D eigenvalue weighted by Gasteiger charge is 2.32. The molecule has 0 amide bonds. The van der Waals surface area contributed by atoms with Crippen molar-refractivity contribution in [3.8, 4) is 0 Å². The monoisotopic (exact) mass is 287 g/mol. The molecule has 0 bridgehead atoms. The molecule has 0 radical (unpaired) electrons. The Morgan fingerprint density at radius 3 is 2.61 bits per heavy atom. The van der Waals surface area contributed by atoms with Gasteiger partial charge in [-0.3, -0.25) is 0 Å². The third-order valence-corrected chi connectivity index (χ3v) is 4.42. The molecule has 2 rings (SSSR count). The summed E-state index contributed by atoms with van der Waals surface area (Å²) in [7, 11) is 4.02. The lowest BCUT2D eigenvalue weighted by molar-refractivity contribution is 0.0365. The number of benzene rings is 1. The van der Waals surface area contributed by atoms with Gasteiger partial charge in [0, 0.05) is 16.1 Å². The summed E-state index contributed by atoms with van der Waals surface area (Å²) in [6.45, 7) is 0. The summed E-state index contributed by atoms with van der Waals surface area (Å²) in [6, 6.07) is 5.82. The molecule has 0 heterocycles. The predicted molar refractivity (Wildman–Crippen MR) is 76.5 cm³/mol. The maximum atomic E-state index is 10.0. The highest BCUT2D eigenvalue weighted by Crippen LogP contribution is 2.38. The van der Waals surface area contributed by atoms with Gasteiger partial charge in [0.2, 0.25) is 0 Å².